The standard InChI is InChI=1S/C20H20N4O2/c25-20(19-5-7-21-14-23-19)24-8-9-26-13-16(12-24)10-15-3-4-18-17(11-15)2-1-6-22-18/h1-7,11,14,16H,8-10,12-13H2/t16-/m0/s1. The van der Waals surface area contributed by atoms with E-state index >= 15 is 0 Å². The Balaban J connectivity index is 1.49. The Bertz CT molecular complexity index is 900. The Morgan fingerprint density at radius 3 is 3.04 bits per heavy atom. The third-order valence-corrected chi connectivity index (χ3v) is 4.62. The van der Waals surface area contributed by atoms with Crippen LogP contribution in [-0.4, -0.2) is 52.1 Å². The first kappa shape index (κ1) is 16.6. The molecule has 0 saturated carbocycles. The maximum atomic E-state index is 12.7. The normalized spacial score (nSPS) is 17.8. The van der Waals surface area contributed by atoms with Crippen LogP contribution < -0.4 is 0 Å². The third-order valence-electron chi connectivity index (χ3n) is 4.62. The molecular weight excluding hydrogens is 328 g/mol. The number of hydrogen-bond donors (Lipinski definition) is 0. The number of pyridine rings is 1. The molecule has 0 N–H and O–H groups in total. The van der Waals surface area contributed by atoms with Gasteiger partial charge in [0, 0.05) is 36.8 Å². The predicted octanol–water partition coefficient (Wildman–Crippen LogP) is 2.36. The van der Waals surface area contributed by atoms with Gasteiger partial charge < -0.3 is 9.64 Å². The van der Waals surface area contributed by atoms with E-state index in [0.29, 0.717) is 32.0 Å². The lowest BCUT2D eigenvalue weighted by Gasteiger charge is -2.23. The van der Waals surface area contributed by atoms with Crippen LogP contribution in [-0.2, 0) is 11.2 Å². The van der Waals surface area contributed by atoms with Crippen molar-refractivity contribution < 1.29 is 9.53 Å². The molecule has 0 spiro atoms. The summed E-state index contributed by atoms with van der Waals surface area (Å²) < 4.78 is 5.74. The number of carbonyl (C=O) groups excluding carboxylic acids is 1. The summed E-state index contributed by atoms with van der Waals surface area (Å²) in [6, 6.07) is 12.0. The second kappa shape index (κ2) is 7.58. The molecule has 1 aromatic carbocycles. The molecule has 6 heteroatoms. The Kier molecular flexibility index (Phi) is 4.84. The van der Waals surface area contributed by atoms with Crippen molar-refractivity contribution in [3.05, 3.63) is 66.4 Å². The van der Waals surface area contributed by atoms with Crippen molar-refractivity contribution in [2.45, 2.75) is 6.42 Å². The summed E-state index contributed by atoms with van der Waals surface area (Å²) >= 11 is 0. The molecule has 26 heavy (non-hydrogen) atoms. The molecule has 1 fully saturated rings. The van der Waals surface area contributed by atoms with Crippen molar-refractivity contribution >= 4 is 16.8 Å². The van der Waals surface area contributed by atoms with Crippen LogP contribution in [0.5, 0.6) is 0 Å². The summed E-state index contributed by atoms with van der Waals surface area (Å²) in [6.45, 7) is 2.45. The van der Waals surface area contributed by atoms with Gasteiger partial charge >= 0.3 is 0 Å². The van der Waals surface area contributed by atoms with E-state index in [1.54, 1.807) is 18.5 Å². The third kappa shape index (κ3) is 3.70. The van der Waals surface area contributed by atoms with E-state index in [1.807, 2.05) is 17.0 Å². The molecule has 132 valence electrons. The minimum Gasteiger partial charge on any atom is -0.379 e. The van der Waals surface area contributed by atoms with Gasteiger partial charge in [-0.25, -0.2) is 9.97 Å². The van der Waals surface area contributed by atoms with E-state index in [0.717, 1.165) is 17.3 Å². The van der Waals surface area contributed by atoms with Gasteiger partial charge in [-0.2, -0.15) is 0 Å². The van der Waals surface area contributed by atoms with Gasteiger partial charge in [-0.3, -0.25) is 9.78 Å². The van der Waals surface area contributed by atoms with Crippen molar-refractivity contribution in [3.63, 3.8) is 0 Å². The average Bonchev–Trinajstić information content (AvgIpc) is 2.93. The molecule has 1 saturated heterocycles. The highest BCUT2D eigenvalue weighted by Gasteiger charge is 2.24. The molecule has 0 aliphatic carbocycles. The number of hydrogen-bond acceptors (Lipinski definition) is 5. The lowest BCUT2D eigenvalue weighted by atomic mass is 9.98. The molecule has 1 atom stereocenters. The minimum absolute atomic E-state index is 0.0642. The molecule has 1 aliphatic heterocycles. The van der Waals surface area contributed by atoms with Gasteiger partial charge in [0.1, 0.15) is 12.0 Å². The first-order chi connectivity index (χ1) is 12.8. The second-order valence-corrected chi connectivity index (χ2v) is 6.52. The van der Waals surface area contributed by atoms with E-state index in [9.17, 15) is 4.79 Å². The molecule has 0 unspecified atom stereocenters. The van der Waals surface area contributed by atoms with E-state index < -0.39 is 0 Å². The van der Waals surface area contributed by atoms with Crippen LogP contribution in [0.2, 0.25) is 0 Å². The van der Waals surface area contributed by atoms with E-state index in [-0.39, 0.29) is 11.8 Å². The van der Waals surface area contributed by atoms with Crippen LogP contribution >= 0.6 is 0 Å². The highest BCUT2D eigenvalue weighted by molar-refractivity contribution is 5.92. The largest absolute Gasteiger partial charge is 0.379 e. The van der Waals surface area contributed by atoms with Crippen LogP contribution in [0.15, 0.2) is 55.1 Å². The first-order valence-corrected chi connectivity index (χ1v) is 8.76. The highest BCUT2D eigenvalue weighted by Crippen LogP contribution is 2.19. The Morgan fingerprint density at radius 1 is 1.19 bits per heavy atom. The van der Waals surface area contributed by atoms with Crippen LogP contribution in [0.1, 0.15) is 16.1 Å². The van der Waals surface area contributed by atoms with Crippen LogP contribution in [0, 0.1) is 5.92 Å². The van der Waals surface area contributed by atoms with Crippen LogP contribution in [0.25, 0.3) is 10.9 Å². The molecule has 4 rings (SSSR count). The van der Waals surface area contributed by atoms with Gasteiger partial charge in [-0.1, -0.05) is 12.1 Å². The monoisotopic (exact) mass is 348 g/mol. The van der Waals surface area contributed by atoms with Crippen molar-refractivity contribution in [1.82, 2.24) is 19.9 Å². The number of ether oxygens (including phenoxy) is 1. The molecule has 1 aliphatic rings. The molecule has 2 aromatic heterocycles. The van der Waals surface area contributed by atoms with Gasteiger partial charge in [0.2, 0.25) is 0 Å². The number of rotatable bonds is 3. The van der Waals surface area contributed by atoms with Crippen molar-refractivity contribution in [3.8, 4) is 0 Å². The number of benzene rings is 1. The molecule has 0 radical (unpaired) electrons. The lowest BCUT2D eigenvalue weighted by Crippen LogP contribution is -2.36. The molecule has 0 bridgehead atoms. The van der Waals surface area contributed by atoms with Crippen LogP contribution in [0.3, 0.4) is 0 Å². The SMILES string of the molecule is O=C(c1ccncn1)N1CCOC[C@@H](Cc2ccc3ncccc3c2)C1. The van der Waals surface area contributed by atoms with Gasteiger partial charge in [0.15, 0.2) is 0 Å². The summed E-state index contributed by atoms with van der Waals surface area (Å²) in [5.41, 5.74) is 2.65. The molecule has 1 amide bonds. The number of fused-ring (bicyclic) bond motifs is 1. The number of nitrogens with zero attached hydrogens (tertiary/aromatic N) is 4. The summed E-state index contributed by atoms with van der Waals surface area (Å²) in [5.74, 6) is 0.183. The lowest BCUT2D eigenvalue weighted by molar-refractivity contribution is 0.0731. The molecular formula is C20H20N4O2. The van der Waals surface area contributed by atoms with Gasteiger partial charge in [-0.15, -0.1) is 0 Å². The average molecular weight is 348 g/mol. The summed E-state index contributed by atoms with van der Waals surface area (Å²) in [6.07, 6.45) is 5.66. The van der Waals surface area contributed by atoms with Crippen molar-refractivity contribution in [2.75, 3.05) is 26.3 Å². The fourth-order valence-electron chi connectivity index (χ4n) is 3.35. The first-order valence-electron chi connectivity index (χ1n) is 8.76. The Morgan fingerprint density at radius 2 is 2.15 bits per heavy atom. The quantitative estimate of drug-likeness (QED) is 0.727. The summed E-state index contributed by atoms with van der Waals surface area (Å²) in [4.78, 5) is 26.8. The van der Waals surface area contributed by atoms with Crippen molar-refractivity contribution in [2.24, 2.45) is 5.92 Å². The zero-order valence-corrected chi connectivity index (χ0v) is 14.4. The number of aromatic nitrogens is 3. The fraction of sp³-hybridized carbons (Fsp3) is 0.300. The maximum absolute atomic E-state index is 12.7. The second-order valence-electron chi connectivity index (χ2n) is 6.52. The molecule has 6 nitrogen and oxygen atoms in total. The van der Waals surface area contributed by atoms with E-state index in [1.165, 1.54) is 11.9 Å². The molecule has 3 aromatic rings. The number of carbonyl (C=O) groups is 1. The minimum atomic E-state index is -0.0642. The maximum Gasteiger partial charge on any atom is 0.272 e. The predicted molar refractivity (Wildman–Crippen MR) is 97.7 cm³/mol. The topological polar surface area (TPSA) is 68.2 Å². The van der Waals surface area contributed by atoms with Crippen LogP contribution in [0.4, 0.5) is 0 Å². The van der Waals surface area contributed by atoms with Gasteiger partial charge in [0.05, 0.1) is 18.7 Å². The Labute approximate surface area is 151 Å². The number of amides is 1. The summed E-state index contributed by atoms with van der Waals surface area (Å²) in [5, 5.41) is 1.13. The fourth-order valence-corrected chi connectivity index (χ4v) is 3.35. The molecule has 3 heterocycles. The smallest absolute Gasteiger partial charge is 0.272 e. The van der Waals surface area contributed by atoms with Gasteiger partial charge in [0.25, 0.3) is 5.91 Å². The zero-order chi connectivity index (χ0) is 17.8. The Hall–Kier alpha value is -2.86. The zero-order valence-electron chi connectivity index (χ0n) is 14.4. The highest BCUT2D eigenvalue weighted by atomic mass is 16.5. The summed E-state index contributed by atoms with van der Waals surface area (Å²) in [7, 11) is 0. The van der Waals surface area contributed by atoms with Crippen molar-refractivity contribution in [1.29, 1.82) is 0 Å². The van der Waals surface area contributed by atoms with E-state index in [4.69, 9.17) is 4.74 Å². The van der Waals surface area contributed by atoms with Gasteiger partial charge in [-0.05, 0) is 36.2 Å². The van der Waals surface area contributed by atoms with E-state index in [2.05, 4.69) is 33.2 Å².